The molecule has 0 spiro atoms. The van der Waals surface area contributed by atoms with Gasteiger partial charge in [-0.3, -0.25) is 4.90 Å². The van der Waals surface area contributed by atoms with Crippen LogP contribution in [0.25, 0.3) is 10.2 Å². The van der Waals surface area contributed by atoms with Gasteiger partial charge in [0, 0.05) is 30.7 Å². The van der Waals surface area contributed by atoms with E-state index in [1.54, 1.807) is 23.3 Å². The van der Waals surface area contributed by atoms with E-state index >= 15 is 0 Å². The number of pyridine rings is 1. The Morgan fingerprint density at radius 2 is 2.47 bits per heavy atom. The number of aromatic nitrogens is 1. The third kappa shape index (κ3) is 1.13. The number of fused-ring (bicyclic) bond motifs is 3. The molecule has 4 nitrogen and oxygen atoms in total. The SMILES string of the molecule is CN1C(=O)NCc2cnc3sccc3c21. The lowest BCUT2D eigenvalue weighted by atomic mass is 10.1. The lowest BCUT2D eigenvalue weighted by Gasteiger charge is -2.26. The molecule has 15 heavy (non-hydrogen) atoms. The van der Waals surface area contributed by atoms with Crippen LogP contribution in [0.1, 0.15) is 5.56 Å². The molecule has 0 bridgehead atoms. The second-order valence-electron chi connectivity index (χ2n) is 3.49. The van der Waals surface area contributed by atoms with Gasteiger partial charge in [-0.15, -0.1) is 11.3 Å². The fourth-order valence-corrected chi connectivity index (χ4v) is 2.61. The Morgan fingerprint density at radius 1 is 1.60 bits per heavy atom. The summed E-state index contributed by atoms with van der Waals surface area (Å²) in [6.45, 7) is 0.567. The highest BCUT2D eigenvalue weighted by molar-refractivity contribution is 7.16. The van der Waals surface area contributed by atoms with Crippen LogP contribution in [-0.2, 0) is 6.54 Å². The van der Waals surface area contributed by atoms with Crippen LogP contribution in [0.3, 0.4) is 0 Å². The summed E-state index contributed by atoms with van der Waals surface area (Å²) >= 11 is 1.59. The standard InChI is InChI=1S/C10H9N3OS/c1-13-8-6(5-12-10(13)14)4-11-9-7(8)2-3-15-9/h2-4H,5H2,1H3,(H,12,14). The first-order valence-corrected chi connectivity index (χ1v) is 5.52. The molecule has 3 heterocycles. The molecule has 76 valence electrons. The molecular weight excluding hydrogens is 210 g/mol. The topological polar surface area (TPSA) is 45.2 Å². The van der Waals surface area contributed by atoms with Gasteiger partial charge in [0.25, 0.3) is 0 Å². The predicted molar refractivity (Wildman–Crippen MR) is 60.3 cm³/mol. The number of carbonyl (C=O) groups is 1. The lowest BCUT2D eigenvalue weighted by Crippen LogP contribution is -2.41. The van der Waals surface area contributed by atoms with Crippen LogP contribution in [0.15, 0.2) is 17.6 Å². The highest BCUT2D eigenvalue weighted by atomic mass is 32.1. The van der Waals surface area contributed by atoms with E-state index in [1.165, 1.54) is 0 Å². The van der Waals surface area contributed by atoms with Gasteiger partial charge in [0.1, 0.15) is 4.83 Å². The van der Waals surface area contributed by atoms with E-state index in [-0.39, 0.29) is 6.03 Å². The molecule has 2 aromatic rings. The normalized spacial score (nSPS) is 15.3. The van der Waals surface area contributed by atoms with Crippen molar-refractivity contribution in [3.63, 3.8) is 0 Å². The Kier molecular flexibility index (Phi) is 1.70. The van der Waals surface area contributed by atoms with Gasteiger partial charge < -0.3 is 5.32 Å². The van der Waals surface area contributed by atoms with Gasteiger partial charge >= 0.3 is 6.03 Å². The zero-order valence-electron chi connectivity index (χ0n) is 8.15. The zero-order chi connectivity index (χ0) is 10.4. The van der Waals surface area contributed by atoms with Gasteiger partial charge in [0.2, 0.25) is 0 Å². The van der Waals surface area contributed by atoms with Gasteiger partial charge in [0.15, 0.2) is 0 Å². The number of nitrogens with one attached hydrogen (secondary N) is 1. The van der Waals surface area contributed by atoms with Crippen molar-refractivity contribution >= 4 is 33.3 Å². The summed E-state index contributed by atoms with van der Waals surface area (Å²) in [7, 11) is 1.78. The van der Waals surface area contributed by atoms with E-state index < -0.39 is 0 Å². The Hall–Kier alpha value is -1.62. The number of anilines is 1. The van der Waals surface area contributed by atoms with E-state index in [0.717, 1.165) is 21.5 Å². The molecule has 1 aliphatic heterocycles. The molecular formula is C10H9N3OS. The molecule has 0 saturated heterocycles. The first kappa shape index (κ1) is 8.67. The molecule has 0 saturated carbocycles. The van der Waals surface area contributed by atoms with E-state index in [9.17, 15) is 4.79 Å². The lowest BCUT2D eigenvalue weighted by molar-refractivity contribution is 0.246. The average Bonchev–Trinajstić information content (AvgIpc) is 2.70. The van der Waals surface area contributed by atoms with Crippen LogP contribution in [0.2, 0.25) is 0 Å². The van der Waals surface area contributed by atoms with E-state index in [1.807, 2.05) is 17.6 Å². The molecule has 0 aromatic carbocycles. The minimum atomic E-state index is -0.0544. The Bertz CT molecular complexity index is 549. The molecule has 2 amide bonds. The van der Waals surface area contributed by atoms with Gasteiger partial charge in [-0.1, -0.05) is 0 Å². The third-order valence-electron chi connectivity index (χ3n) is 2.61. The maximum atomic E-state index is 11.5. The van der Waals surface area contributed by atoms with Crippen LogP contribution in [-0.4, -0.2) is 18.1 Å². The van der Waals surface area contributed by atoms with Gasteiger partial charge in [-0.25, -0.2) is 9.78 Å². The number of urea groups is 1. The maximum absolute atomic E-state index is 11.5. The van der Waals surface area contributed by atoms with Gasteiger partial charge in [-0.05, 0) is 11.4 Å². The largest absolute Gasteiger partial charge is 0.333 e. The number of carbonyl (C=O) groups excluding carboxylic acids is 1. The van der Waals surface area contributed by atoms with Crippen molar-refractivity contribution < 1.29 is 4.79 Å². The maximum Gasteiger partial charge on any atom is 0.321 e. The fraction of sp³-hybridized carbons (Fsp3) is 0.200. The Labute approximate surface area is 90.5 Å². The van der Waals surface area contributed by atoms with E-state index in [4.69, 9.17) is 0 Å². The highest BCUT2D eigenvalue weighted by Gasteiger charge is 2.23. The fourth-order valence-electron chi connectivity index (χ4n) is 1.87. The van der Waals surface area contributed by atoms with Crippen molar-refractivity contribution in [1.82, 2.24) is 10.3 Å². The van der Waals surface area contributed by atoms with Crippen LogP contribution in [0.5, 0.6) is 0 Å². The summed E-state index contributed by atoms with van der Waals surface area (Å²) in [5.74, 6) is 0. The van der Waals surface area contributed by atoms with Crippen LogP contribution in [0.4, 0.5) is 10.5 Å². The number of thiophene rings is 1. The first-order valence-electron chi connectivity index (χ1n) is 4.64. The molecule has 1 N–H and O–H groups in total. The summed E-state index contributed by atoms with van der Waals surface area (Å²) in [6, 6.07) is 1.96. The molecule has 0 atom stereocenters. The quantitative estimate of drug-likeness (QED) is 0.736. The monoisotopic (exact) mass is 219 g/mol. The summed E-state index contributed by atoms with van der Waals surface area (Å²) in [6.07, 6.45) is 1.84. The van der Waals surface area contributed by atoms with Crippen molar-refractivity contribution in [2.75, 3.05) is 11.9 Å². The van der Waals surface area contributed by atoms with Crippen molar-refractivity contribution in [2.24, 2.45) is 0 Å². The minimum absolute atomic E-state index is 0.0544. The van der Waals surface area contributed by atoms with Crippen molar-refractivity contribution in [1.29, 1.82) is 0 Å². The molecule has 2 aromatic heterocycles. The number of nitrogens with zero attached hydrogens (tertiary/aromatic N) is 2. The zero-order valence-corrected chi connectivity index (χ0v) is 8.97. The molecule has 5 heteroatoms. The summed E-state index contributed by atoms with van der Waals surface area (Å²) < 4.78 is 0. The molecule has 0 aliphatic carbocycles. The minimum Gasteiger partial charge on any atom is -0.333 e. The second kappa shape index (κ2) is 2.93. The van der Waals surface area contributed by atoms with Gasteiger partial charge in [0.05, 0.1) is 5.69 Å². The number of hydrogen-bond acceptors (Lipinski definition) is 3. The van der Waals surface area contributed by atoms with E-state index in [2.05, 4.69) is 10.3 Å². The highest BCUT2D eigenvalue weighted by Crippen LogP contribution is 2.33. The first-order chi connectivity index (χ1) is 7.27. The number of hydrogen-bond donors (Lipinski definition) is 1. The average molecular weight is 219 g/mol. The molecule has 0 fully saturated rings. The molecule has 3 rings (SSSR count). The van der Waals surface area contributed by atoms with Crippen LogP contribution >= 0.6 is 11.3 Å². The predicted octanol–water partition coefficient (Wildman–Crippen LogP) is 1.96. The van der Waals surface area contributed by atoms with E-state index in [0.29, 0.717) is 6.54 Å². The van der Waals surface area contributed by atoms with Crippen molar-refractivity contribution in [3.8, 4) is 0 Å². The van der Waals surface area contributed by atoms with Crippen molar-refractivity contribution in [3.05, 3.63) is 23.2 Å². The van der Waals surface area contributed by atoms with Crippen molar-refractivity contribution in [2.45, 2.75) is 6.54 Å². The third-order valence-corrected chi connectivity index (χ3v) is 3.43. The molecule has 0 unspecified atom stereocenters. The van der Waals surface area contributed by atoms with Gasteiger partial charge in [-0.2, -0.15) is 0 Å². The smallest absolute Gasteiger partial charge is 0.321 e. The Morgan fingerprint density at radius 3 is 3.33 bits per heavy atom. The summed E-state index contributed by atoms with van der Waals surface area (Å²) in [4.78, 5) is 18.5. The second-order valence-corrected chi connectivity index (χ2v) is 4.38. The molecule has 1 aliphatic rings. The summed E-state index contributed by atoms with van der Waals surface area (Å²) in [5, 5.41) is 5.86. The Balaban J connectivity index is 2.35. The van der Waals surface area contributed by atoms with Crippen LogP contribution < -0.4 is 10.2 Å². The summed E-state index contributed by atoms with van der Waals surface area (Å²) in [5.41, 5.74) is 2.06. The molecule has 0 radical (unpaired) electrons. The number of rotatable bonds is 0. The van der Waals surface area contributed by atoms with Crippen LogP contribution in [0, 0.1) is 0 Å². The number of amides is 2.